The van der Waals surface area contributed by atoms with Crippen LogP contribution in [0.5, 0.6) is 0 Å². The maximum atomic E-state index is 9.34. The van der Waals surface area contributed by atoms with Crippen molar-refractivity contribution in [3.63, 3.8) is 0 Å². The first-order valence-electron chi connectivity index (χ1n) is 4.28. The maximum Gasteiger partial charge on any atom is 0.0599 e. The number of hydrogen-bond donors (Lipinski definition) is 2. The molecule has 0 aromatic rings. The van der Waals surface area contributed by atoms with Gasteiger partial charge >= 0.3 is 0 Å². The molecule has 2 N–H and O–H groups in total. The summed E-state index contributed by atoms with van der Waals surface area (Å²) in [5, 5.41) is 18.6. The molecule has 2 nitrogen and oxygen atoms in total. The van der Waals surface area contributed by atoms with Crippen molar-refractivity contribution in [2.45, 2.75) is 37.9 Å². The first-order valence-corrected chi connectivity index (χ1v) is 4.28. The highest BCUT2D eigenvalue weighted by Gasteiger charge is 2.09. The second-order valence-electron chi connectivity index (χ2n) is 2.93. The SMILES string of the molecule is C=CCCC(O)CC(O)CC=C. The Morgan fingerprint density at radius 1 is 1.08 bits per heavy atom. The van der Waals surface area contributed by atoms with Crippen molar-refractivity contribution in [3.05, 3.63) is 25.3 Å². The van der Waals surface area contributed by atoms with Crippen LogP contribution in [0, 0.1) is 0 Å². The summed E-state index contributed by atoms with van der Waals surface area (Å²) in [6.07, 6.45) is 5.00. The predicted octanol–water partition coefficient (Wildman–Crippen LogP) is 1.64. The molecule has 0 aliphatic rings. The van der Waals surface area contributed by atoms with Crippen molar-refractivity contribution in [1.82, 2.24) is 0 Å². The van der Waals surface area contributed by atoms with E-state index in [1.54, 1.807) is 12.2 Å². The maximum absolute atomic E-state index is 9.34. The Morgan fingerprint density at radius 2 is 1.75 bits per heavy atom. The summed E-state index contributed by atoms with van der Waals surface area (Å²) < 4.78 is 0. The van der Waals surface area contributed by atoms with Crippen LogP contribution in [0.25, 0.3) is 0 Å². The molecule has 0 saturated carbocycles. The van der Waals surface area contributed by atoms with Crippen LogP contribution in [0.4, 0.5) is 0 Å². The van der Waals surface area contributed by atoms with Gasteiger partial charge in [0.05, 0.1) is 12.2 Å². The van der Waals surface area contributed by atoms with Crippen LogP contribution in [-0.4, -0.2) is 22.4 Å². The van der Waals surface area contributed by atoms with Crippen LogP contribution in [0.1, 0.15) is 25.7 Å². The largest absolute Gasteiger partial charge is 0.393 e. The minimum absolute atomic E-state index is 0.419. The second-order valence-corrected chi connectivity index (χ2v) is 2.93. The molecule has 0 spiro atoms. The molecule has 0 radical (unpaired) electrons. The Morgan fingerprint density at radius 3 is 2.25 bits per heavy atom. The van der Waals surface area contributed by atoms with Gasteiger partial charge in [-0.25, -0.2) is 0 Å². The normalized spacial score (nSPS) is 15.2. The van der Waals surface area contributed by atoms with Gasteiger partial charge in [-0.2, -0.15) is 0 Å². The fourth-order valence-electron chi connectivity index (χ4n) is 1.03. The molecule has 2 atom stereocenters. The molecule has 12 heavy (non-hydrogen) atoms. The molecule has 0 heterocycles. The van der Waals surface area contributed by atoms with Gasteiger partial charge in [0, 0.05) is 0 Å². The number of hydrogen-bond acceptors (Lipinski definition) is 2. The molecule has 0 saturated heterocycles. The summed E-state index contributed by atoms with van der Waals surface area (Å²) in [4.78, 5) is 0. The summed E-state index contributed by atoms with van der Waals surface area (Å²) in [6, 6.07) is 0. The standard InChI is InChI=1S/C10H18O2/c1-3-5-7-10(12)8-9(11)6-4-2/h3-4,9-12H,1-2,5-8H2. The molecule has 0 aliphatic carbocycles. The van der Waals surface area contributed by atoms with E-state index in [2.05, 4.69) is 13.2 Å². The van der Waals surface area contributed by atoms with E-state index >= 15 is 0 Å². The van der Waals surface area contributed by atoms with E-state index in [1.807, 2.05) is 0 Å². The lowest BCUT2D eigenvalue weighted by molar-refractivity contribution is 0.0779. The van der Waals surface area contributed by atoms with E-state index in [0.717, 1.165) is 6.42 Å². The quantitative estimate of drug-likeness (QED) is 0.570. The van der Waals surface area contributed by atoms with Crippen molar-refractivity contribution in [2.24, 2.45) is 0 Å². The highest BCUT2D eigenvalue weighted by atomic mass is 16.3. The third kappa shape index (κ3) is 6.13. The smallest absolute Gasteiger partial charge is 0.0599 e. The average Bonchev–Trinajstić information content (AvgIpc) is 2.01. The van der Waals surface area contributed by atoms with Crippen molar-refractivity contribution >= 4 is 0 Å². The molecule has 2 unspecified atom stereocenters. The fraction of sp³-hybridized carbons (Fsp3) is 0.600. The topological polar surface area (TPSA) is 40.5 Å². The van der Waals surface area contributed by atoms with Crippen LogP contribution >= 0.6 is 0 Å². The lowest BCUT2D eigenvalue weighted by Crippen LogP contribution is -2.16. The molecular formula is C10H18O2. The van der Waals surface area contributed by atoms with Gasteiger partial charge in [0.15, 0.2) is 0 Å². The van der Waals surface area contributed by atoms with E-state index in [4.69, 9.17) is 0 Å². The molecule has 0 aromatic carbocycles. The van der Waals surface area contributed by atoms with Crippen LogP contribution in [0.3, 0.4) is 0 Å². The molecular weight excluding hydrogens is 152 g/mol. The zero-order valence-electron chi connectivity index (χ0n) is 7.45. The lowest BCUT2D eigenvalue weighted by Gasteiger charge is -2.12. The van der Waals surface area contributed by atoms with Gasteiger partial charge in [0.2, 0.25) is 0 Å². The second kappa shape index (κ2) is 7.07. The summed E-state index contributed by atoms with van der Waals surface area (Å²) in [5.74, 6) is 0. The third-order valence-electron chi connectivity index (χ3n) is 1.69. The van der Waals surface area contributed by atoms with Crippen LogP contribution in [-0.2, 0) is 0 Å². The minimum atomic E-state index is -0.456. The van der Waals surface area contributed by atoms with Crippen molar-refractivity contribution in [2.75, 3.05) is 0 Å². The first kappa shape index (κ1) is 11.4. The van der Waals surface area contributed by atoms with E-state index in [1.165, 1.54) is 0 Å². The average molecular weight is 170 g/mol. The highest BCUT2D eigenvalue weighted by Crippen LogP contribution is 2.07. The van der Waals surface area contributed by atoms with Crippen molar-refractivity contribution < 1.29 is 10.2 Å². The van der Waals surface area contributed by atoms with Crippen molar-refractivity contribution in [1.29, 1.82) is 0 Å². The molecule has 0 rings (SSSR count). The molecule has 0 amide bonds. The Hall–Kier alpha value is -0.600. The molecule has 0 aliphatic heterocycles. The highest BCUT2D eigenvalue weighted by molar-refractivity contribution is 4.76. The van der Waals surface area contributed by atoms with Gasteiger partial charge < -0.3 is 10.2 Å². The summed E-state index contributed by atoms with van der Waals surface area (Å²) in [7, 11) is 0. The van der Waals surface area contributed by atoms with Gasteiger partial charge in [0.1, 0.15) is 0 Å². The Balaban J connectivity index is 3.45. The van der Waals surface area contributed by atoms with Crippen LogP contribution in [0.2, 0.25) is 0 Å². The minimum Gasteiger partial charge on any atom is -0.393 e. The zero-order chi connectivity index (χ0) is 9.40. The Kier molecular flexibility index (Phi) is 6.72. The number of allylic oxidation sites excluding steroid dienone is 1. The predicted molar refractivity (Wildman–Crippen MR) is 50.9 cm³/mol. The molecule has 0 aromatic heterocycles. The number of rotatable bonds is 7. The fourth-order valence-corrected chi connectivity index (χ4v) is 1.03. The van der Waals surface area contributed by atoms with Crippen LogP contribution < -0.4 is 0 Å². The summed E-state index contributed by atoms with van der Waals surface area (Å²) >= 11 is 0. The third-order valence-corrected chi connectivity index (χ3v) is 1.69. The monoisotopic (exact) mass is 170 g/mol. The molecule has 70 valence electrons. The Bertz CT molecular complexity index is 132. The van der Waals surface area contributed by atoms with Gasteiger partial charge in [-0.1, -0.05) is 12.2 Å². The number of aliphatic hydroxyl groups is 2. The molecule has 2 heteroatoms. The Labute approximate surface area is 74.2 Å². The summed E-state index contributed by atoms with van der Waals surface area (Å²) in [5.41, 5.74) is 0. The van der Waals surface area contributed by atoms with Gasteiger partial charge in [0.25, 0.3) is 0 Å². The van der Waals surface area contributed by atoms with Crippen LogP contribution in [0.15, 0.2) is 25.3 Å². The van der Waals surface area contributed by atoms with E-state index in [0.29, 0.717) is 19.3 Å². The zero-order valence-corrected chi connectivity index (χ0v) is 7.45. The van der Waals surface area contributed by atoms with Gasteiger partial charge in [-0.05, 0) is 25.7 Å². The van der Waals surface area contributed by atoms with Gasteiger partial charge in [-0.15, -0.1) is 13.2 Å². The number of aliphatic hydroxyl groups excluding tert-OH is 2. The molecule has 0 fully saturated rings. The van der Waals surface area contributed by atoms with E-state index in [9.17, 15) is 10.2 Å². The van der Waals surface area contributed by atoms with Gasteiger partial charge in [-0.3, -0.25) is 0 Å². The molecule has 0 bridgehead atoms. The van der Waals surface area contributed by atoms with Crippen molar-refractivity contribution in [3.8, 4) is 0 Å². The van der Waals surface area contributed by atoms with E-state index < -0.39 is 12.2 Å². The lowest BCUT2D eigenvalue weighted by atomic mass is 10.1. The first-order chi connectivity index (χ1) is 5.70. The van der Waals surface area contributed by atoms with E-state index in [-0.39, 0.29) is 0 Å². The summed E-state index contributed by atoms with van der Waals surface area (Å²) in [6.45, 7) is 7.07.